The van der Waals surface area contributed by atoms with Gasteiger partial charge in [0.1, 0.15) is 11.6 Å². The molecule has 0 amide bonds. The Hall–Kier alpha value is -2.68. The number of para-hydroxylation sites is 2. The van der Waals surface area contributed by atoms with Gasteiger partial charge >= 0.3 is 0 Å². The Bertz CT molecular complexity index is 916. The summed E-state index contributed by atoms with van der Waals surface area (Å²) in [7, 11) is 0. The van der Waals surface area contributed by atoms with Crippen LogP contribution in [0.25, 0.3) is 27.5 Å². The highest BCUT2D eigenvalue weighted by atomic mass is 19.1. The Morgan fingerprint density at radius 1 is 0.667 bits per heavy atom. The molecule has 0 atom stereocenters. The Morgan fingerprint density at radius 2 is 1.24 bits per heavy atom. The van der Waals surface area contributed by atoms with Gasteiger partial charge in [-0.3, -0.25) is 0 Å². The van der Waals surface area contributed by atoms with Crippen molar-refractivity contribution in [3.63, 3.8) is 0 Å². The number of aromatic nitrogens is 1. The van der Waals surface area contributed by atoms with Crippen LogP contribution in [0.3, 0.4) is 0 Å². The minimum Gasteiger partial charge on any atom is -0.306 e. The minimum absolute atomic E-state index is 0.229. The molecule has 4 rings (SSSR count). The van der Waals surface area contributed by atoms with E-state index in [2.05, 4.69) is 0 Å². The third kappa shape index (κ3) is 1.74. The summed E-state index contributed by atoms with van der Waals surface area (Å²) in [6.07, 6.45) is 0. The minimum atomic E-state index is -0.451. The lowest BCUT2D eigenvalue weighted by Gasteiger charge is -2.09. The predicted octanol–water partition coefficient (Wildman–Crippen LogP) is 5.06. The molecule has 4 aromatic rings. The summed E-state index contributed by atoms with van der Waals surface area (Å²) in [5, 5.41) is 2.05. The summed E-state index contributed by atoms with van der Waals surface area (Å²) in [5.74, 6) is -0.892. The molecule has 1 nitrogen and oxygen atoms in total. The molecule has 0 aliphatic carbocycles. The fraction of sp³-hybridized carbons (Fsp3) is 0. The van der Waals surface area contributed by atoms with Gasteiger partial charge in [0, 0.05) is 16.8 Å². The van der Waals surface area contributed by atoms with E-state index >= 15 is 0 Å². The van der Waals surface area contributed by atoms with E-state index in [-0.39, 0.29) is 5.69 Å². The first-order valence-electron chi connectivity index (χ1n) is 6.69. The van der Waals surface area contributed by atoms with Gasteiger partial charge in [-0.1, -0.05) is 36.4 Å². The van der Waals surface area contributed by atoms with Crippen LogP contribution in [-0.4, -0.2) is 4.57 Å². The largest absolute Gasteiger partial charge is 0.306 e. The molecule has 21 heavy (non-hydrogen) atoms. The van der Waals surface area contributed by atoms with Crippen LogP contribution in [0.15, 0.2) is 66.7 Å². The van der Waals surface area contributed by atoms with Crippen molar-refractivity contribution in [2.45, 2.75) is 0 Å². The summed E-state index contributed by atoms with van der Waals surface area (Å²) in [6.45, 7) is 0. The second-order valence-electron chi connectivity index (χ2n) is 4.97. The van der Waals surface area contributed by atoms with E-state index in [4.69, 9.17) is 0 Å². The Kier molecular flexibility index (Phi) is 2.54. The lowest BCUT2D eigenvalue weighted by atomic mass is 10.2. The average Bonchev–Trinajstić information content (AvgIpc) is 2.84. The molecule has 0 N–H and O–H groups in total. The number of hydrogen-bond donors (Lipinski definition) is 0. The average molecular weight is 279 g/mol. The third-order valence-electron chi connectivity index (χ3n) is 3.73. The van der Waals surface area contributed by atoms with Crippen molar-refractivity contribution in [2.24, 2.45) is 0 Å². The Balaban J connectivity index is 2.23. The summed E-state index contributed by atoms with van der Waals surface area (Å²) >= 11 is 0. The number of benzene rings is 3. The van der Waals surface area contributed by atoms with Crippen LogP contribution in [0.4, 0.5) is 8.78 Å². The standard InChI is InChI=1S/C18H11F2N/c19-12-9-10-15(20)18(11-12)21-16-7-3-1-5-13(16)14-6-2-4-8-17(14)21/h1-11H. The van der Waals surface area contributed by atoms with Gasteiger partial charge in [0.05, 0.1) is 16.7 Å². The van der Waals surface area contributed by atoms with Crippen LogP contribution in [0, 0.1) is 11.6 Å². The number of fused-ring (bicyclic) bond motifs is 3. The molecule has 0 aliphatic rings. The van der Waals surface area contributed by atoms with Crippen LogP contribution in [-0.2, 0) is 0 Å². The van der Waals surface area contributed by atoms with E-state index in [0.717, 1.165) is 33.9 Å². The number of halogens is 2. The van der Waals surface area contributed by atoms with Crippen LogP contribution in [0.2, 0.25) is 0 Å². The maximum atomic E-state index is 14.2. The van der Waals surface area contributed by atoms with Gasteiger partial charge in [-0.15, -0.1) is 0 Å². The predicted molar refractivity (Wildman–Crippen MR) is 80.7 cm³/mol. The number of rotatable bonds is 1. The van der Waals surface area contributed by atoms with Gasteiger partial charge in [0.2, 0.25) is 0 Å². The molecule has 1 heterocycles. The molecule has 0 spiro atoms. The van der Waals surface area contributed by atoms with Crippen molar-refractivity contribution in [3.05, 3.63) is 78.4 Å². The normalized spacial score (nSPS) is 11.3. The van der Waals surface area contributed by atoms with Crippen LogP contribution >= 0.6 is 0 Å². The summed E-state index contributed by atoms with van der Waals surface area (Å²) in [4.78, 5) is 0. The fourth-order valence-corrected chi connectivity index (χ4v) is 2.84. The Morgan fingerprint density at radius 3 is 1.86 bits per heavy atom. The molecule has 0 saturated heterocycles. The first-order chi connectivity index (χ1) is 10.3. The van der Waals surface area contributed by atoms with E-state index in [9.17, 15) is 8.78 Å². The van der Waals surface area contributed by atoms with Gasteiger partial charge in [-0.05, 0) is 24.3 Å². The zero-order valence-corrected chi connectivity index (χ0v) is 11.1. The summed E-state index contributed by atoms with van der Waals surface area (Å²) < 4.78 is 29.5. The molecule has 0 fully saturated rings. The fourth-order valence-electron chi connectivity index (χ4n) is 2.84. The van der Waals surface area contributed by atoms with Gasteiger partial charge in [0.15, 0.2) is 0 Å². The van der Waals surface area contributed by atoms with E-state index in [1.165, 1.54) is 6.07 Å². The van der Waals surface area contributed by atoms with Crippen molar-refractivity contribution in [2.75, 3.05) is 0 Å². The van der Waals surface area contributed by atoms with Crippen LogP contribution in [0.1, 0.15) is 0 Å². The van der Waals surface area contributed by atoms with Gasteiger partial charge < -0.3 is 4.57 Å². The molecule has 3 heteroatoms. The van der Waals surface area contributed by atoms with E-state index in [0.29, 0.717) is 0 Å². The smallest absolute Gasteiger partial charge is 0.147 e. The second kappa shape index (κ2) is 4.42. The summed E-state index contributed by atoms with van der Waals surface area (Å²) in [6, 6.07) is 19.0. The topological polar surface area (TPSA) is 4.93 Å². The first kappa shape index (κ1) is 12.1. The SMILES string of the molecule is Fc1ccc(F)c(-n2c3ccccc3c3ccccc32)c1. The third-order valence-corrected chi connectivity index (χ3v) is 3.73. The maximum Gasteiger partial charge on any atom is 0.147 e. The molecule has 0 unspecified atom stereocenters. The van der Waals surface area contributed by atoms with Gasteiger partial charge in [-0.2, -0.15) is 0 Å². The molecule has 1 aromatic heterocycles. The quantitative estimate of drug-likeness (QED) is 0.459. The van der Waals surface area contributed by atoms with Gasteiger partial charge in [0.25, 0.3) is 0 Å². The summed E-state index contributed by atoms with van der Waals surface area (Å²) in [5.41, 5.74) is 1.96. The molecule has 0 aliphatic heterocycles. The molecule has 3 aromatic carbocycles. The first-order valence-corrected chi connectivity index (χ1v) is 6.69. The monoisotopic (exact) mass is 279 g/mol. The van der Waals surface area contributed by atoms with Crippen LogP contribution in [0.5, 0.6) is 0 Å². The van der Waals surface area contributed by atoms with Crippen LogP contribution < -0.4 is 0 Å². The van der Waals surface area contributed by atoms with E-state index in [1.54, 1.807) is 4.57 Å². The highest BCUT2D eigenvalue weighted by Gasteiger charge is 2.14. The van der Waals surface area contributed by atoms with E-state index < -0.39 is 11.6 Å². The zero-order chi connectivity index (χ0) is 14.4. The second-order valence-corrected chi connectivity index (χ2v) is 4.97. The molecular formula is C18H11F2N. The highest BCUT2D eigenvalue weighted by molar-refractivity contribution is 6.09. The Labute approximate surface area is 120 Å². The number of nitrogens with zero attached hydrogens (tertiary/aromatic N) is 1. The zero-order valence-electron chi connectivity index (χ0n) is 11.1. The van der Waals surface area contributed by atoms with Crippen molar-refractivity contribution in [3.8, 4) is 5.69 Å². The van der Waals surface area contributed by atoms with Gasteiger partial charge in [-0.25, -0.2) is 8.78 Å². The van der Waals surface area contributed by atoms with Crippen molar-refractivity contribution in [1.29, 1.82) is 0 Å². The molecule has 102 valence electrons. The number of hydrogen-bond acceptors (Lipinski definition) is 0. The molecule has 0 saturated carbocycles. The molecule has 0 radical (unpaired) electrons. The lowest BCUT2D eigenvalue weighted by Crippen LogP contribution is -1.98. The lowest BCUT2D eigenvalue weighted by molar-refractivity contribution is 0.595. The van der Waals surface area contributed by atoms with E-state index in [1.807, 2.05) is 48.5 Å². The maximum absolute atomic E-state index is 14.2. The highest BCUT2D eigenvalue weighted by Crippen LogP contribution is 2.32. The molecule has 0 bridgehead atoms. The molecular weight excluding hydrogens is 268 g/mol. The van der Waals surface area contributed by atoms with Crippen molar-refractivity contribution in [1.82, 2.24) is 4.57 Å². The van der Waals surface area contributed by atoms with Crippen molar-refractivity contribution < 1.29 is 8.78 Å². The van der Waals surface area contributed by atoms with Crippen molar-refractivity contribution >= 4 is 21.8 Å².